The molecule has 0 bridgehead atoms. The molecular weight excluding hydrogens is 386 g/mol. The lowest BCUT2D eigenvalue weighted by atomic mass is 10.1. The van der Waals surface area contributed by atoms with Gasteiger partial charge in [0.25, 0.3) is 5.56 Å². The van der Waals surface area contributed by atoms with Gasteiger partial charge in [-0.15, -0.1) is 0 Å². The molecule has 1 fully saturated rings. The van der Waals surface area contributed by atoms with Crippen molar-refractivity contribution < 1.29 is 9.47 Å². The van der Waals surface area contributed by atoms with E-state index in [-0.39, 0.29) is 11.7 Å². The molecule has 0 unspecified atom stereocenters. The summed E-state index contributed by atoms with van der Waals surface area (Å²) in [6, 6.07) is 7.78. The Morgan fingerprint density at radius 2 is 2.07 bits per heavy atom. The highest BCUT2D eigenvalue weighted by molar-refractivity contribution is 5.78. The summed E-state index contributed by atoms with van der Waals surface area (Å²) in [6.45, 7) is 1.36. The fraction of sp³-hybridized carbons (Fsp3) is 0.381. The molecule has 156 valence electrons. The number of nitrogens with zero attached hydrogens (tertiary/aromatic N) is 5. The van der Waals surface area contributed by atoms with Gasteiger partial charge in [-0.05, 0) is 25.0 Å². The van der Waals surface area contributed by atoms with Crippen molar-refractivity contribution in [1.29, 1.82) is 0 Å². The Morgan fingerprint density at radius 1 is 1.23 bits per heavy atom. The van der Waals surface area contributed by atoms with E-state index in [4.69, 9.17) is 14.5 Å². The zero-order valence-electron chi connectivity index (χ0n) is 17.2. The van der Waals surface area contributed by atoms with Gasteiger partial charge in [-0.1, -0.05) is 12.1 Å². The van der Waals surface area contributed by atoms with Crippen molar-refractivity contribution >= 4 is 16.9 Å². The molecule has 1 aromatic carbocycles. The molecule has 30 heavy (non-hydrogen) atoms. The van der Waals surface area contributed by atoms with E-state index in [1.165, 1.54) is 11.6 Å². The van der Waals surface area contributed by atoms with Gasteiger partial charge in [0.05, 0.1) is 25.5 Å². The van der Waals surface area contributed by atoms with E-state index in [9.17, 15) is 9.59 Å². The number of hydrogen-bond donors (Lipinski definition) is 0. The third-order valence-electron chi connectivity index (χ3n) is 5.83. The maximum atomic E-state index is 12.9. The summed E-state index contributed by atoms with van der Waals surface area (Å²) in [4.78, 5) is 30.0. The first-order valence-corrected chi connectivity index (χ1v) is 9.93. The van der Waals surface area contributed by atoms with Crippen LogP contribution in [0.4, 0.5) is 0 Å². The first-order valence-electron chi connectivity index (χ1n) is 9.93. The fourth-order valence-corrected chi connectivity index (χ4v) is 4.20. The molecule has 0 saturated carbocycles. The lowest BCUT2D eigenvalue weighted by molar-refractivity contribution is 0.0981. The van der Waals surface area contributed by atoms with Gasteiger partial charge in [-0.25, -0.2) is 4.79 Å². The van der Waals surface area contributed by atoms with Crippen LogP contribution in [0.25, 0.3) is 28.2 Å². The van der Waals surface area contributed by atoms with E-state index in [0.29, 0.717) is 23.5 Å². The lowest BCUT2D eigenvalue weighted by Crippen LogP contribution is -2.37. The van der Waals surface area contributed by atoms with Crippen LogP contribution in [0.2, 0.25) is 0 Å². The molecule has 4 heterocycles. The minimum atomic E-state index is -0.396. The molecule has 3 aromatic heterocycles. The molecule has 5 rings (SSSR count). The van der Waals surface area contributed by atoms with Gasteiger partial charge >= 0.3 is 5.69 Å². The predicted molar refractivity (Wildman–Crippen MR) is 112 cm³/mol. The zero-order chi connectivity index (χ0) is 21.0. The second-order valence-corrected chi connectivity index (χ2v) is 7.65. The number of aromatic nitrogens is 5. The molecule has 9 heteroatoms. The monoisotopic (exact) mass is 409 g/mol. The maximum absolute atomic E-state index is 12.9. The number of ether oxygens (including phenoxy) is 2. The van der Waals surface area contributed by atoms with Gasteiger partial charge in [-0.2, -0.15) is 4.98 Å². The molecule has 1 aliphatic rings. The van der Waals surface area contributed by atoms with Crippen molar-refractivity contribution in [2.75, 3.05) is 13.7 Å². The lowest BCUT2D eigenvalue weighted by Gasteiger charge is -2.14. The van der Waals surface area contributed by atoms with Crippen LogP contribution in [-0.2, 0) is 25.4 Å². The van der Waals surface area contributed by atoms with Gasteiger partial charge in [0.2, 0.25) is 5.78 Å². The van der Waals surface area contributed by atoms with Gasteiger partial charge < -0.3 is 14.0 Å². The molecule has 0 amide bonds. The predicted octanol–water partition coefficient (Wildman–Crippen LogP) is 1.54. The Labute approximate surface area is 171 Å². The van der Waals surface area contributed by atoms with Crippen LogP contribution in [0.3, 0.4) is 0 Å². The quantitative estimate of drug-likeness (QED) is 0.511. The van der Waals surface area contributed by atoms with Crippen molar-refractivity contribution in [2.45, 2.75) is 25.5 Å². The molecule has 0 spiro atoms. The summed E-state index contributed by atoms with van der Waals surface area (Å²) in [5.41, 5.74) is 1.84. The number of imidazole rings is 2. The second kappa shape index (κ2) is 6.88. The normalized spacial score (nSPS) is 16.7. The van der Waals surface area contributed by atoms with Crippen molar-refractivity contribution in [3.63, 3.8) is 0 Å². The third kappa shape index (κ3) is 2.69. The Balaban J connectivity index is 1.82. The molecule has 0 radical (unpaired) electrons. The Hall–Kier alpha value is -3.33. The number of fused-ring (bicyclic) bond motifs is 3. The van der Waals surface area contributed by atoms with E-state index in [1.54, 1.807) is 18.6 Å². The molecule has 0 aliphatic carbocycles. The molecule has 4 aromatic rings. The van der Waals surface area contributed by atoms with E-state index in [1.807, 2.05) is 30.5 Å². The van der Waals surface area contributed by atoms with Crippen LogP contribution in [0.5, 0.6) is 5.75 Å². The fourth-order valence-electron chi connectivity index (χ4n) is 4.20. The number of rotatable bonds is 4. The number of aryl methyl sites for hydroxylation is 1. The number of benzene rings is 1. The van der Waals surface area contributed by atoms with Gasteiger partial charge in [0, 0.05) is 32.5 Å². The summed E-state index contributed by atoms with van der Waals surface area (Å²) in [7, 11) is 4.74. The topological polar surface area (TPSA) is 84.7 Å². The smallest absolute Gasteiger partial charge is 0.332 e. The highest BCUT2D eigenvalue weighted by Crippen LogP contribution is 2.29. The van der Waals surface area contributed by atoms with Crippen LogP contribution in [0, 0.1) is 0 Å². The first kappa shape index (κ1) is 18.7. The Kier molecular flexibility index (Phi) is 4.28. The van der Waals surface area contributed by atoms with Gasteiger partial charge in [0.15, 0.2) is 11.2 Å². The standard InChI is InChI=1S/C21H23N5O4/c1-23-18-17(19(27)24(2)21(23)28)26-12-16(13-6-4-7-14(10-13)29-3)25(20(26)22-18)11-15-8-5-9-30-15/h4,6-7,10,12,15H,5,8-9,11H2,1-3H3/t15-/m1/s1. The van der Waals surface area contributed by atoms with Crippen LogP contribution >= 0.6 is 0 Å². The summed E-state index contributed by atoms with van der Waals surface area (Å²) in [6.07, 6.45) is 3.99. The zero-order valence-corrected chi connectivity index (χ0v) is 17.2. The molecule has 9 nitrogen and oxygen atoms in total. The minimum Gasteiger partial charge on any atom is -0.497 e. The summed E-state index contributed by atoms with van der Waals surface area (Å²) in [5, 5.41) is 0. The summed E-state index contributed by atoms with van der Waals surface area (Å²) in [5.74, 6) is 1.36. The minimum absolute atomic E-state index is 0.0806. The number of methoxy groups -OCH3 is 1. The summed E-state index contributed by atoms with van der Waals surface area (Å²) >= 11 is 0. The maximum Gasteiger partial charge on any atom is 0.332 e. The Morgan fingerprint density at radius 3 is 2.80 bits per heavy atom. The Bertz CT molecular complexity index is 1380. The first-order chi connectivity index (χ1) is 14.5. The summed E-state index contributed by atoms with van der Waals surface area (Å²) < 4.78 is 17.6. The van der Waals surface area contributed by atoms with Gasteiger partial charge in [0.1, 0.15) is 5.75 Å². The van der Waals surface area contributed by atoms with E-state index < -0.39 is 5.69 Å². The highest BCUT2D eigenvalue weighted by atomic mass is 16.5. The molecule has 0 N–H and O–H groups in total. The molecule has 1 saturated heterocycles. The van der Waals surface area contributed by atoms with Crippen molar-refractivity contribution in [3.05, 3.63) is 51.3 Å². The van der Waals surface area contributed by atoms with Crippen LogP contribution in [0.1, 0.15) is 12.8 Å². The molecule has 1 aliphatic heterocycles. The largest absolute Gasteiger partial charge is 0.497 e. The SMILES string of the molecule is COc1cccc(-c2cn3c4c(=O)n(C)c(=O)n(C)c4nc3n2C[C@H]2CCCO2)c1. The highest BCUT2D eigenvalue weighted by Gasteiger charge is 2.24. The van der Waals surface area contributed by atoms with E-state index >= 15 is 0 Å². The third-order valence-corrected chi connectivity index (χ3v) is 5.83. The van der Waals surface area contributed by atoms with Crippen LogP contribution < -0.4 is 16.0 Å². The average Bonchev–Trinajstić information content (AvgIpc) is 3.48. The van der Waals surface area contributed by atoms with Crippen molar-refractivity contribution in [1.82, 2.24) is 23.1 Å². The molecule has 1 atom stereocenters. The molecular formula is C21H23N5O4. The van der Waals surface area contributed by atoms with Gasteiger partial charge in [-0.3, -0.25) is 18.3 Å². The van der Waals surface area contributed by atoms with E-state index in [2.05, 4.69) is 4.57 Å². The number of hydrogen-bond acceptors (Lipinski definition) is 5. The average molecular weight is 409 g/mol. The van der Waals surface area contributed by atoms with E-state index in [0.717, 1.165) is 41.0 Å². The van der Waals surface area contributed by atoms with Crippen LogP contribution in [-0.4, -0.2) is 42.9 Å². The van der Waals surface area contributed by atoms with Crippen molar-refractivity contribution in [2.24, 2.45) is 14.1 Å². The van der Waals surface area contributed by atoms with Crippen LogP contribution in [0.15, 0.2) is 40.1 Å². The van der Waals surface area contributed by atoms with Crippen molar-refractivity contribution in [3.8, 4) is 17.0 Å². The second-order valence-electron chi connectivity index (χ2n) is 7.65.